The fourth-order valence-corrected chi connectivity index (χ4v) is 0.945. The predicted molar refractivity (Wildman–Crippen MR) is 57.4 cm³/mol. The number of carbonyl (C=O) groups is 2. The third-order valence-electron chi connectivity index (χ3n) is 1.73. The normalized spacial score (nSPS) is 10.9. The fourth-order valence-electron chi connectivity index (χ4n) is 0.945. The minimum Gasteiger partial charge on any atom is -0.379 e. The lowest BCUT2D eigenvalue weighted by atomic mass is 10.2. The Labute approximate surface area is 91.8 Å². The number of ether oxygens (including phenoxy) is 1. The molecular weight excluding hydrogens is 196 g/mol. The molecule has 0 aliphatic carbocycles. The van der Waals surface area contributed by atoms with Crippen molar-refractivity contribution in [3.05, 3.63) is 0 Å². The van der Waals surface area contributed by atoms with Gasteiger partial charge in [-0.15, -0.1) is 0 Å². The summed E-state index contributed by atoms with van der Waals surface area (Å²) in [6, 6.07) is 0. The Balaban J connectivity index is 3.20. The highest BCUT2D eigenvalue weighted by molar-refractivity contribution is 5.78. The SMILES string of the molecule is [2H]CCCC(=O)CCOCCNC(=O)CN. The van der Waals surface area contributed by atoms with Crippen LogP contribution < -0.4 is 11.1 Å². The van der Waals surface area contributed by atoms with Crippen LogP contribution in [-0.2, 0) is 14.3 Å². The Bertz CT molecular complexity index is 212. The van der Waals surface area contributed by atoms with E-state index in [1.165, 1.54) is 0 Å². The van der Waals surface area contributed by atoms with Gasteiger partial charge in [-0.25, -0.2) is 0 Å². The highest BCUT2D eigenvalue weighted by Gasteiger charge is 2.00. The summed E-state index contributed by atoms with van der Waals surface area (Å²) in [5, 5.41) is 2.56. The van der Waals surface area contributed by atoms with Gasteiger partial charge in [0.1, 0.15) is 5.78 Å². The van der Waals surface area contributed by atoms with E-state index in [2.05, 4.69) is 5.32 Å². The third kappa shape index (κ3) is 9.37. The second-order valence-corrected chi connectivity index (χ2v) is 3.06. The minimum absolute atomic E-state index is 0.0222. The van der Waals surface area contributed by atoms with Crippen LogP contribution in [0.5, 0.6) is 0 Å². The number of Topliss-reactive ketones (excluding diaryl/α,β-unsaturated/α-hetero) is 1. The van der Waals surface area contributed by atoms with Crippen LogP contribution in [0.3, 0.4) is 0 Å². The van der Waals surface area contributed by atoms with E-state index in [1.807, 2.05) is 0 Å². The van der Waals surface area contributed by atoms with E-state index in [1.54, 1.807) is 0 Å². The van der Waals surface area contributed by atoms with Crippen molar-refractivity contribution in [3.63, 3.8) is 0 Å². The molecule has 5 nitrogen and oxygen atoms in total. The van der Waals surface area contributed by atoms with Gasteiger partial charge >= 0.3 is 0 Å². The molecule has 0 heterocycles. The number of hydrogen-bond acceptors (Lipinski definition) is 4. The highest BCUT2D eigenvalue weighted by atomic mass is 16.5. The summed E-state index contributed by atoms with van der Waals surface area (Å²) < 4.78 is 12.0. The molecule has 0 radical (unpaired) electrons. The summed E-state index contributed by atoms with van der Waals surface area (Å²) in [5.74, 6) is -0.0895. The zero-order chi connectivity index (χ0) is 12.2. The second kappa shape index (κ2) is 9.61. The van der Waals surface area contributed by atoms with Crippen molar-refractivity contribution in [3.8, 4) is 0 Å². The standard InChI is InChI=1S/C10H20N2O3/c1-2-3-9(13)4-6-15-7-5-12-10(14)8-11/h2-8,11H2,1H3,(H,12,14)/i1D. The summed E-state index contributed by atoms with van der Waals surface area (Å²) in [6.45, 7) is 1.44. The lowest BCUT2D eigenvalue weighted by molar-refractivity contribution is -0.121. The highest BCUT2D eigenvalue weighted by Crippen LogP contribution is 1.94. The molecule has 0 aliphatic heterocycles. The number of ketones is 1. The zero-order valence-electron chi connectivity index (χ0n) is 9.96. The quantitative estimate of drug-likeness (QED) is 0.526. The Hall–Kier alpha value is -0.940. The van der Waals surface area contributed by atoms with E-state index >= 15 is 0 Å². The van der Waals surface area contributed by atoms with Crippen molar-refractivity contribution >= 4 is 11.7 Å². The predicted octanol–water partition coefficient (Wildman–Crippen LogP) is -0.163. The van der Waals surface area contributed by atoms with Crippen LogP contribution in [0.4, 0.5) is 0 Å². The molecule has 0 saturated heterocycles. The Morgan fingerprint density at radius 2 is 2.20 bits per heavy atom. The molecule has 0 rings (SSSR count). The molecular formula is C10H20N2O3. The first-order chi connectivity index (χ1) is 7.70. The first-order valence-electron chi connectivity index (χ1n) is 5.77. The molecule has 0 aromatic rings. The molecule has 15 heavy (non-hydrogen) atoms. The van der Waals surface area contributed by atoms with Crippen LogP contribution in [0.15, 0.2) is 0 Å². The van der Waals surface area contributed by atoms with Crippen molar-refractivity contribution in [2.75, 3.05) is 26.3 Å². The van der Waals surface area contributed by atoms with Gasteiger partial charge in [0, 0.05) is 20.8 Å². The topological polar surface area (TPSA) is 81.4 Å². The van der Waals surface area contributed by atoms with Gasteiger partial charge in [-0.2, -0.15) is 0 Å². The van der Waals surface area contributed by atoms with E-state index in [4.69, 9.17) is 11.8 Å². The van der Waals surface area contributed by atoms with Crippen LogP contribution >= 0.6 is 0 Å². The average Bonchev–Trinajstić information content (AvgIpc) is 2.30. The van der Waals surface area contributed by atoms with Gasteiger partial charge < -0.3 is 15.8 Å². The van der Waals surface area contributed by atoms with E-state index in [0.717, 1.165) is 0 Å². The van der Waals surface area contributed by atoms with Crippen LogP contribution in [0.1, 0.15) is 27.5 Å². The monoisotopic (exact) mass is 217 g/mol. The van der Waals surface area contributed by atoms with E-state index in [0.29, 0.717) is 39.0 Å². The zero-order valence-corrected chi connectivity index (χ0v) is 8.96. The number of hydrogen-bond donors (Lipinski definition) is 2. The molecule has 0 bridgehead atoms. The first kappa shape index (κ1) is 12.1. The van der Waals surface area contributed by atoms with Gasteiger partial charge in [-0.05, 0) is 6.42 Å². The number of carbonyl (C=O) groups excluding carboxylic acids is 2. The second-order valence-electron chi connectivity index (χ2n) is 3.06. The van der Waals surface area contributed by atoms with Gasteiger partial charge in [0.25, 0.3) is 0 Å². The van der Waals surface area contributed by atoms with Crippen molar-refractivity contribution in [1.29, 1.82) is 0 Å². The van der Waals surface area contributed by atoms with Crippen molar-refractivity contribution in [2.45, 2.75) is 26.2 Å². The van der Waals surface area contributed by atoms with Crippen LogP contribution in [0.2, 0.25) is 0 Å². The van der Waals surface area contributed by atoms with E-state index in [-0.39, 0.29) is 25.1 Å². The summed E-state index contributed by atoms with van der Waals surface area (Å²) >= 11 is 0. The fraction of sp³-hybridized carbons (Fsp3) is 0.800. The molecule has 0 saturated carbocycles. The molecule has 0 atom stereocenters. The van der Waals surface area contributed by atoms with E-state index < -0.39 is 0 Å². The van der Waals surface area contributed by atoms with Crippen LogP contribution in [0, 0.1) is 0 Å². The Kier molecular flexibility index (Phi) is 7.77. The molecule has 0 aliphatic rings. The number of amides is 1. The smallest absolute Gasteiger partial charge is 0.233 e. The minimum atomic E-state index is -0.213. The maximum absolute atomic E-state index is 11.1. The first-order valence-corrected chi connectivity index (χ1v) is 5.06. The molecule has 0 spiro atoms. The number of rotatable bonds is 9. The third-order valence-corrected chi connectivity index (χ3v) is 1.73. The summed E-state index contributed by atoms with van der Waals surface area (Å²) in [6.07, 6.45) is 1.45. The maximum Gasteiger partial charge on any atom is 0.233 e. The van der Waals surface area contributed by atoms with Crippen LogP contribution in [-0.4, -0.2) is 38.0 Å². The van der Waals surface area contributed by atoms with Gasteiger partial charge in [0.2, 0.25) is 5.91 Å². The van der Waals surface area contributed by atoms with Crippen molar-refractivity contribution in [1.82, 2.24) is 5.32 Å². The van der Waals surface area contributed by atoms with Gasteiger partial charge in [-0.3, -0.25) is 9.59 Å². The Morgan fingerprint density at radius 1 is 1.40 bits per heavy atom. The molecule has 5 heteroatoms. The summed E-state index contributed by atoms with van der Waals surface area (Å²) in [5.41, 5.74) is 5.09. The molecule has 0 aromatic heterocycles. The van der Waals surface area contributed by atoms with Crippen molar-refractivity contribution < 1.29 is 15.7 Å². The summed E-state index contributed by atoms with van der Waals surface area (Å²) in [7, 11) is 0. The molecule has 0 fully saturated rings. The molecule has 0 unspecified atom stereocenters. The number of nitrogens with two attached hydrogens (primary N) is 1. The molecule has 3 N–H and O–H groups in total. The lowest BCUT2D eigenvalue weighted by Crippen LogP contribution is -2.32. The Morgan fingerprint density at radius 3 is 2.87 bits per heavy atom. The number of nitrogens with one attached hydrogen (secondary N) is 1. The summed E-state index contributed by atoms with van der Waals surface area (Å²) in [4.78, 5) is 21.8. The van der Waals surface area contributed by atoms with Crippen LogP contribution in [0.25, 0.3) is 0 Å². The molecule has 1 amide bonds. The van der Waals surface area contributed by atoms with Crippen molar-refractivity contribution in [2.24, 2.45) is 5.73 Å². The van der Waals surface area contributed by atoms with E-state index in [9.17, 15) is 9.59 Å². The maximum atomic E-state index is 11.1. The van der Waals surface area contributed by atoms with Gasteiger partial charge in [0.15, 0.2) is 0 Å². The average molecular weight is 217 g/mol. The van der Waals surface area contributed by atoms with Gasteiger partial charge in [0.05, 0.1) is 19.8 Å². The molecule has 88 valence electrons. The largest absolute Gasteiger partial charge is 0.379 e. The lowest BCUT2D eigenvalue weighted by Gasteiger charge is -2.04. The molecule has 0 aromatic carbocycles. The van der Waals surface area contributed by atoms with Gasteiger partial charge in [-0.1, -0.05) is 6.90 Å².